The molecule has 0 bridgehead atoms. The Morgan fingerprint density at radius 1 is 1.82 bits per heavy atom. The van der Waals surface area contributed by atoms with Crippen LogP contribution in [0.1, 0.15) is 4.88 Å². The number of hydrogen-bond donors (Lipinski definition) is 0. The highest BCUT2D eigenvalue weighted by atomic mass is 79.9. The van der Waals surface area contributed by atoms with Crippen LogP contribution in [-0.4, -0.2) is 5.43 Å². The van der Waals surface area contributed by atoms with Gasteiger partial charge in [0.25, 0.3) is 0 Å². The molecule has 0 amide bonds. The molecule has 0 aromatic carbocycles. The average Bonchev–Trinajstić information content (AvgIpc) is 2.31. The molecule has 1 aromatic rings. The van der Waals surface area contributed by atoms with Crippen LogP contribution < -0.4 is 0 Å². The molecule has 0 N–H and O–H groups in total. The standard InChI is InChI=1S/C6H4BrClO2S/c7-4-1-2-11-5(4)3-10-6(8)9/h1-2H,3H2. The number of rotatable bonds is 2. The summed E-state index contributed by atoms with van der Waals surface area (Å²) in [5.41, 5.74) is -0.773. The lowest BCUT2D eigenvalue weighted by Crippen LogP contribution is -1.92. The molecule has 0 radical (unpaired) electrons. The molecule has 0 unspecified atom stereocenters. The summed E-state index contributed by atoms with van der Waals surface area (Å²) in [5, 5.41) is 1.90. The molecule has 0 aliphatic carbocycles. The Labute approximate surface area is 81.2 Å². The Hall–Kier alpha value is -0.0600. The monoisotopic (exact) mass is 254 g/mol. The van der Waals surface area contributed by atoms with Gasteiger partial charge in [-0.15, -0.1) is 11.3 Å². The van der Waals surface area contributed by atoms with Crippen molar-refractivity contribution in [2.24, 2.45) is 0 Å². The fourth-order valence-corrected chi connectivity index (χ4v) is 1.98. The first-order valence-electron chi connectivity index (χ1n) is 2.74. The minimum atomic E-state index is -0.773. The lowest BCUT2D eigenvalue weighted by Gasteiger charge is -1.96. The van der Waals surface area contributed by atoms with Crippen molar-refractivity contribution in [2.75, 3.05) is 0 Å². The molecule has 0 aliphatic heterocycles. The van der Waals surface area contributed by atoms with Gasteiger partial charge in [-0.05, 0) is 27.4 Å². The van der Waals surface area contributed by atoms with Crippen LogP contribution in [0.2, 0.25) is 0 Å². The van der Waals surface area contributed by atoms with Gasteiger partial charge in [-0.1, -0.05) is 0 Å². The fraction of sp³-hybridized carbons (Fsp3) is 0.167. The summed E-state index contributed by atoms with van der Waals surface area (Å²) in [6.45, 7) is 0.237. The molecule has 0 aliphatic rings. The van der Waals surface area contributed by atoms with Crippen LogP contribution in [0.25, 0.3) is 0 Å². The Morgan fingerprint density at radius 2 is 2.55 bits per heavy atom. The van der Waals surface area contributed by atoms with E-state index in [9.17, 15) is 4.79 Å². The molecule has 0 spiro atoms. The van der Waals surface area contributed by atoms with Crippen LogP contribution in [0.5, 0.6) is 0 Å². The van der Waals surface area contributed by atoms with E-state index in [-0.39, 0.29) is 6.61 Å². The number of ether oxygens (including phenoxy) is 1. The summed E-state index contributed by atoms with van der Waals surface area (Å²) < 4.78 is 5.52. The third-order valence-electron chi connectivity index (χ3n) is 1.01. The van der Waals surface area contributed by atoms with E-state index in [4.69, 9.17) is 11.6 Å². The predicted molar refractivity (Wildman–Crippen MR) is 48.1 cm³/mol. The van der Waals surface area contributed by atoms with Gasteiger partial charge >= 0.3 is 5.43 Å². The minimum Gasteiger partial charge on any atom is -0.448 e. The van der Waals surface area contributed by atoms with Crippen LogP contribution in [-0.2, 0) is 11.3 Å². The third-order valence-corrected chi connectivity index (χ3v) is 3.02. The molecule has 1 aromatic heterocycles. The SMILES string of the molecule is O=C(Cl)OCc1sccc1Br. The Morgan fingerprint density at radius 3 is 3.00 bits per heavy atom. The molecule has 2 nitrogen and oxygen atoms in total. The van der Waals surface area contributed by atoms with Gasteiger partial charge in [0.05, 0.1) is 4.88 Å². The van der Waals surface area contributed by atoms with E-state index in [1.54, 1.807) is 0 Å². The Balaban J connectivity index is 2.51. The molecular formula is C6H4BrClO2S. The Kier molecular flexibility index (Phi) is 3.36. The van der Waals surface area contributed by atoms with Crippen molar-refractivity contribution >= 4 is 44.3 Å². The number of halogens is 2. The van der Waals surface area contributed by atoms with E-state index in [1.807, 2.05) is 11.4 Å². The molecule has 1 heterocycles. The van der Waals surface area contributed by atoms with Gasteiger partial charge < -0.3 is 4.74 Å². The summed E-state index contributed by atoms with van der Waals surface area (Å²) in [4.78, 5) is 11.1. The Bertz CT molecular complexity index is 261. The van der Waals surface area contributed by atoms with Gasteiger partial charge in [0.1, 0.15) is 6.61 Å². The van der Waals surface area contributed by atoms with Gasteiger partial charge in [0, 0.05) is 16.1 Å². The van der Waals surface area contributed by atoms with E-state index < -0.39 is 5.43 Å². The molecule has 0 fully saturated rings. The highest BCUT2D eigenvalue weighted by Crippen LogP contribution is 2.23. The predicted octanol–water partition coefficient (Wildman–Crippen LogP) is 3.39. The van der Waals surface area contributed by atoms with Crippen LogP contribution in [0.3, 0.4) is 0 Å². The smallest absolute Gasteiger partial charge is 0.404 e. The topological polar surface area (TPSA) is 26.3 Å². The highest BCUT2D eigenvalue weighted by Gasteiger charge is 2.02. The van der Waals surface area contributed by atoms with Crippen molar-refractivity contribution in [1.29, 1.82) is 0 Å². The summed E-state index contributed by atoms with van der Waals surface area (Å²) in [7, 11) is 0. The van der Waals surface area contributed by atoms with E-state index >= 15 is 0 Å². The molecule has 0 saturated carbocycles. The van der Waals surface area contributed by atoms with E-state index in [2.05, 4.69) is 20.7 Å². The number of hydrogen-bond acceptors (Lipinski definition) is 3. The van der Waals surface area contributed by atoms with Gasteiger partial charge in [-0.3, -0.25) is 0 Å². The fourth-order valence-electron chi connectivity index (χ4n) is 0.550. The molecule has 0 atom stereocenters. The molecule has 11 heavy (non-hydrogen) atoms. The second-order valence-electron chi connectivity index (χ2n) is 1.72. The quantitative estimate of drug-likeness (QED) is 0.757. The van der Waals surface area contributed by atoms with E-state index in [0.717, 1.165) is 9.35 Å². The maximum absolute atomic E-state index is 10.2. The zero-order valence-electron chi connectivity index (χ0n) is 5.34. The minimum absolute atomic E-state index is 0.237. The molecule has 0 saturated heterocycles. The van der Waals surface area contributed by atoms with Crippen molar-refractivity contribution in [1.82, 2.24) is 0 Å². The van der Waals surface area contributed by atoms with E-state index in [1.165, 1.54) is 11.3 Å². The summed E-state index contributed by atoms with van der Waals surface area (Å²) in [6, 6.07) is 1.89. The van der Waals surface area contributed by atoms with Crippen LogP contribution in [0.15, 0.2) is 15.9 Å². The molecule has 5 heteroatoms. The van der Waals surface area contributed by atoms with Crippen LogP contribution in [0.4, 0.5) is 4.79 Å². The van der Waals surface area contributed by atoms with Crippen molar-refractivity contribution in [3.05, 3.63) is 20.8 Å². The number of carbonyl (C=O) groups excluding carboxylic acids is 1. The largest absolute Gasteiger partial charge is 0.448 e. The van der Waals surface area contributed by atoms with Crippen molar-refractivity contribution in [2.45, 2.75) is 6.61 Å². The third kappa shape index (κ3) is 2.81. The zero-order valence-corrected chi connectivity index (χ0v) is 8.50. The summed E-state index contributed by atoms with van der Waals surface area (Å²) in [5.74, 6) is 0. The number of carbonyl (C=O) groups is 1. The first-order valence-corrected chi connectivity index (χ1v) is 4.79. The van der Waals surface area contributed by atoms with Crippen LogP contribution >= 0.6 is 38.9 Å². The van der Waals surface area contributed by atoms with Gasteiger partial charge in [0.2, 0.25) is 0 Å². The molecule has 60 valence electrons. The van der Waals surface area contributed by atoms with Gasteiger partial charge in [-0.2, -0.15) is 0 Å². The van der Waals surface area contributed by atoms with Gasteiger partial charge in [-0.25, -0.2) is 4.79 Å². The average molecular weight is 256 g/mol. The second-order valence-corrected chi connectivity index (χ2v) is 3.88. The number of thiophene rings is 1. The maximum Gasteiger partial charge on any atom is 0.404 e. The lowest BCUT2D eigenvalue weighted by molar-refractivity contribution is 0.168. The van der Waals surface area contributed by atoms with Gasteiger partial charge in [0.15, 0.2) is 0 Å². The van der Waals surface area contributed by atoms with E-state index in [0.29, 0.717) is 0 Å². The van der Waals surface area contributed by atoms with Crippen molar-refractivity contribution < 1.29 is 9.53 Å². The highest BCUT2D eigenvalue weighted by molar-refractivity contribution is 9.10. The first-order chi connectivity index (χ1) is 5.20. The van der Waals surface area contributed by atoms with Crippen molar-refractivity contribution in [3.8, 4) is 0 Å². The zero-order chi connectivity index (χ0) is 8.27. The van der Waals surface area contributed by atoms with Crippen molar-refractivity contribution in [3.63, 3.8) is 0 Å². The maximum atomic E-state index is 10.2. The first kappa shape index (κ1) is 9.03. The molecular weight excluding hydrogens is 251 g/mol. The molecule has 1 rings (SSSR count). The summed E-state index contributed by atoms with van der Waals surface area (Å²) >= 11 is 9.78. The lowest BCUT2D eigenvalue weighted by atomic mass is 10.5. The second kappa shape index (κ2) is 4.09. The summed E-state index contributed by atoms with van der Waals surface area (Å²) in [6.07, 6.45) is 0. The normalized spacial score (nSPS) is 9.64. The van der Waals surface area contributed by atoms with Crippen LogP contribution in [0, 0.1) is 0 Å².